The van der Waals surface area contributed by atoms with Crippen molar-refractivity contribution in [2.24, 2.45) is 5.41 Å². The van der Waals surface area contributed by atoms with E-state index in [2.05, 4.69) is 48.0 Å². The van der Waals surface area contributed by atoms with Crippen LogP contribution in [0.3, 0.4) is 0 Å². The first-order valence-corrected chi connectivity index (χ1v) is 5.69. The Morgan fingerprint density at radius 2 is 1.87 bits per heavy atom. The Balaban J connectivity index is 2.18. The number of benzene rings is 1. The number of hydrogen-bond acceptors (Lipinski definition) is 2. The molecular weight excluding hydrogens is 184 g/mol. The molecule has 1 atom stereocenters. The quantitative estimate of drug-likeness (QED) is 0.766. The van der Waals surface area contributed by atoms with Gasteiger partial charge in [0.15, 0.2) is 0 Å². The summed E-state index contributed by atoms with van der Waals surface area (Å²) in [5, 5.41) is 6.78. The van der Waals surface area contributed by atoms with Crippen molar-refractivity contribution in [3.05, 3.63) is 35.9 Å². The van der Waals surface area contributed by atoms with E-state index in [1.54, 1.807) is 0 Å². The Labute approximate surface area is 92.1 Å². The third-order valence-electron chi connectivity index (χ3n) is 3.46. The Morgan fingerprint density at radius 1 is 1.20 bits per heavy atom. The van der Waals surface area contributed by atoms with E-state index in [-0.39, 0.29) is 0 Å². The topological polar surface area (TPSA) is 24.1 Å². The highest BCUT2D eigenvalue weighted by molar-refractivity contribution is 5.24. The third-order valence-corrected chi connectivity index (χ3v) is 3.46. The molecule has 0 aliphatic heterocycles. The lowest BCUT2D eigenvalue weighted by Crippen LogP contribution is -2.33. The molecule has 1 saturated carbocycles. The average Bonchev–Trinajstić information content (AvgIpc) is 3.02. The molecule has 1 aliphatic rings. The van der Waals surface area contributed by atoms with E-state index in [4.69, 9.17) is 0 Å². The Morgan fingerprint density at radius 3 is 2.33 bits per heavy atom. The van der Waals surface area contributed by atoms with Crippen molar-refractivity contribution >= 4 is 0 Å². The first-order valence-electron chi connectivity index (χ1n) is 5.69. The second-order valence-corrected chi connectivity index (χ2v) is 4.53. The summed E-state index contributed by atoms with van der Waals surface area (Å²) in [7, 11) is 4.10. The highest BCUT2D eigenvalue weighted by Crippen LogP contribution is 2.54. The smallest absolute Gasteiger partial charge is 0.0386 e. The van der Waals surface area contributed by atoms with Crippen LogP contribution in [0.4, 0.5) is 0 Å². The van der Waals surface area contributed by atoms with Gasteiger partial charge in [0.2, 0.25) is 0 Å². The van der Waals surface area contributed by atoms with Crippen LogP contribution < -0.4 is 10.6 Å². The monoisotopic (exact) mass is 204 g/mol. The largest absolute Gasteiger partial charge is 0.319 e. The molecule has 0 amide bonds. The molecular formula is C13H20N2. The van der Waals surface area contributed by atoms with Crippen molar-refractivity contribution in [3.63, 3.8) is 0 Å². The molecule has 2 rings (SSSR count). The van der Waals surface area contributed by atoms with Crippen molar-refractivity contribution < 1.29 is 0 Å². The fourth-order valence-corrected chi connectivity index (χ4v) is 2.55. The first-order chi connectivity index (χ1) is 7.32. The van der Waals surface area contributed by atoms with Gasteiger partial charge in [-0.15, -0.1) is 0 Å². The van der Waals surface area contributed by atoms with Crippen molar-refractivity contribution in [2.45, 2.75) is 18.9 Å². The molecule has 2 heteroatoms. The molecule has 2 N–H and O–H groups in total. The Bertz CT molecular complexity index is 304. The summed E-state index contributed by atoms with van der Waals surface area (Å²) in [5.74, 6) is 0. The Kier molecular flexibility index (Phi) is 3.08. The second kappa shape index (κ2) is 4.33. The molecule has 1 aromatic carbocycles. The van der Waals surface area contributed by atoms with Crippen LogP contribution in [-0.2, 0) is 0 Å². The van der Waals surface area contributed by atoms with Crippen LogP contribution in [0.25, 0.3) is 0 Å². The zero-order chi connectivity index (χ0) is 10.7. The summed E-state index contributed by atoms with van der Waals surface area (Å²) >= 11 is 0. The van der Waals surface area contributed by atoms with Gasteiger partial charge < -0.3 is 10.6 Å². The highest BCUT2D eigenvalue weighted by Gasteiger charge is 2.48. The van der Waals surface area contributed by atoms with Gasteiger partial charge in [-0.3, -0.25) is 0 Å². The van der Waals surface area contributed by atoms with Gasteiger partial charge in [-0.2, -0.15) is 0 Å². The number of rotatable bonds is 5. The third kappa shape index (κ3) is 2.06. The van der Waals surface area contributed by atoms with E-state index in [0.29, 0.717) is 11.5 Å². The Hall–Kier alpha value is -0.860. The molecule has 0 radical (unpaired) electrons. The van der Waals surface area contributed by atoms with Crippen molar-refractivity contribution in [2.75, 3.05) is 20.6 Å². The molecule has 1 unspecified atom stereocenters. The molecule has 1 aliphatic carbocycles. The van der Waals surface area contributed by atoms with Crippen LogP contribution in [0, 0.1) is 5.41 Å². The summed E-state index contributed by atoms with van der Waals surface area (Å²) < 4.78 is 0. The molecule has 15 heavy (non-hydrogen) atoms. The maximum Gasteiger partial charge on any atom is 0.0386 e. The minimum atomic E-state index is 0.449. The predicted octanol–water partition coefficient (Wildman–Crippen LogP) is 1.95. The average molecular weight is 204 g/mol. The normalized spacial score (nSPS) is 19.9. The minimum Gasteiger partial charge on any atom is -0.319 e. The highest BCUT2D eigenvalue weighted by atomic mass is 15.0. The molecule has 2 nitrogen and oxygen atoms in total. The van der Waals surface area contributed by atoms with Gasteiger partial charge in [0.1, 0.15) is 0 Å². The van der Waals surface area contributed by atoms with Gasteiger partial charge in [0, 0.05) is 18.0 Å². The fraction of sp³-hybridized carbons (Fsp3) is 0.538. The van der Waals surface area contributed by atoms with Crippen LogP contribution in [-0.4, -0.2) is 20.6 Å². The molecule has 0 bridgehead atoms. The number of nitrogens with one attached hydrogen (secondary N) is 2. The van der Waals surface area contributed by atoms with Crippen LogP contribution in [0.2, 0.25) is 0 Å². The number of hydrogen-bond donors (Lipinski definition) is 2. The maximum absolute atomic E-state index is 3.47. The molecule has 1 aromatic rings. The zero-order valence-electron chi connectivity index (χ0n) is 9.59. The van der Waals surface area contributed by atoms with Crippen LogP contribution in [0.5, 0.6) is 0 Å². The van der Waals surface area contributed by atoms with Crippen molar-refractivity contribution in [1.29, 1.82) is 0 Å². The fourth-order valence-electron chi connectivity index (χ4n) is 2.55. The maximum atomic E-state index is 3.47. The van der Waals surface area contributed by atoms with E-state index in [1.807, 2.05) is 7.05 Å². The summed E-state index contributed by atoms with van der Waals surface area (Å²) in [6, 6.07) is 11.2. The van der Waals surface area contributed by atoms with Crippen LogP contribution in [0.15, 0.2) is 30.3 Å². The van der Waals surface area contributed by atoms with Crippen molar-refractivity contribution in [1.82, 2.24) is 10.6 Å². The molecule has 1 fully saturated rings. The lowest BCUT2D eigenvalue weighted by Gasteiger charge is -2.27. The molecule has 82 valence electrons. The van der Waals surface area contributed by atoms with E-state index < -0.39 is 0 Å². The van der Waals surface area contributed by atoms with Gasteiger partial charge in [-0.25, -0.2) is 0 Å². The standard InChI is InChI=1S/C13H20N2/c1-14-10-13(8-9-13)12(15-2)11-6-4-3-5-7-11/h3-7,12,14-15H,8-10H2,1-2H3. The molecule has 0 spiro atoms. The summed E-state index contributed by atoms with van der Waals surface area (Å²) in [4.78, 5) is 0. The minimum absolute atomic E-state index is 0.449. The predicted molar refractivity (Wildman–Crippen MR) is 63.8 cm³/mol. The summed E-state index contributed by atoms with van der Waals surface area (Å²) in [6.07, 6.45) is 2.66. The van der Waals surface area contributed by atoms with Gasteiger partial charge in [-0.05, 0) is 32.5 Å². The van der Waals surface area contributed by atoms with Gasteiger partial charge in [0.25, 0.3) is 0 Å². The van der Waals surface area contributed by atoms with E-state index in [1.165, 1.54) is 18.4 Å². The van der Waals surface area contributed by atoms with E-state index in [9.17, 15) is 0 Å². The van der Waals surface area contributed by atoms with Gasteiger partial charge in [0.05, 0.1) is 0 Å². The van der Waals surface area contributed by atoms with E-state index >= 15 is 0 Å². The van der Waals surface area contributed by atoms with Crippen LogP contribution >= 0.6 is 0 Å². The van der Waals surface area contributed by atoms with Crippen LogP contribution in [0.1, 0.15) is 24.4 Å². The summed E-state index contributed by atoms with van der Waals surface area (Å²) in [5.41, 5.74) is 1.86. The van der Waals surface area contributed by atoms with Crippen molar-refractivity contribution in [3.8, 4) is 0 Å². The molecule has 0 saturated heterocycles. The second-order valence-electron chi connectivity index (χ2n) is 4.53. The molecule has 0 aromatic heterocycles. The lowest BCUT2D eigenvalue weighted by molar-refractivity contribution is 0.347. The first kappa shape index (κ1) is 10.7. The van der Waals surface area contributed by atoms with E-state index in [0.717, 1.165) is 6.54 Å². The van der Waals surface area contributed by atoms with Gasteiger partial charge >= 0.3 is 0 Å². The van der Waals surface area contributed by atoms with Gasteiger partial charge in [-0.1, -0.05) is 30.3 Å². The SMILES string of the molecule is CNCC1(C(NC)c2ccccc2)CC1. The zero-order valence-corrected chi connectivity index (χ0v) is 9.59. The summed E-state index contributed by atoms with van der Waals surface area (Å²) in [6.45, 7) is 1.10. The lowest BCUT2D eigenvalue weighted by atomic mass is 9.90. The molecule has 0 heterocycles.